The molecule has 12 rings (SSSR count). The number of nitrogens with zero attached hydrogens (tertiary/aromatic N) is 15. The Balaban J connectivity index is 0.000000226. The van der Waals surface area contributed by atoms with E-state index in [1.165, 1.54) is 49.0 Å². The van der Waals surface area contributed by atoms with Gasteiger partial charge in [-0.05, 0) is 199 Å². The van der Waals surface area contributed by atoms with Crippen LogP contribution in [0, 0.1) is 66.1 Å². The zero-order valence-corrected chi connectivity index (χ0v) is 82.6. The van der Waals surface area contributed by atoms with E-state index in [-0.39, 0.29) is 96.6 Å². The molecule has 3 saturated carbocycles. The lowest BCUT2D eigenvalue weighted by atomic mass is 10.1. The predicted molar refractivity (Wildman–Crippen MR) is 522 cm³/mol. The number of rotatable bonds is 50. The molecule has 141 heavy (non-hydrogen) atoms. The molecule has 0 bridgehead atoms. The maximum atomic E-state index is 13.2. The third-order valence-corrected chi connectivity index (χ3v) is 20.4. The van der Waals surface area contributed by atoms with Gasteiger partial charge in [0.25, 0.3) is 17.7 Å². The van der Waals surface area contributed by atoms with Gasteiger partial charge in [-0.1, -0.05) is 57.3 Å². The van der Waals surface area contributed by atoms with Crippen molar-refractivity contribution in [3.05, 3.63) is 143 Å². The topological polar surface area (TPSA) is 495 Å². The summed E-state index contributed by atoms with van der Waals surface area (Å²) in [7, 11) is 0. The molecule has 0 aromatic carbocycles. The number of Topliss-reactive ketones (excluding diaryl/α,β-unsaturated/α-hetero) is 3. The summed E-state index contributed by atoms with van der Waals surface area (Å²) in [6, 6.07) is 10.1. The first-order valence-corrected chi connectivity index (χ1v) is 47.3. The van der Waals surface area contributed by atoms with Crippen molar-refractivity contribution < 1.29 is 99.0 Å². The number of terminal acetylenes is 2. The van der Waals surface area contributed by atoms with Gasteiger partial charge in [0.15, 0.2) is 34.4 Å². The van der Waals surface area contributed by atoms with E-state index >= 15 is 0 Å². The number of carbonyl (C=O) groups excluding carboxylic acids is 9. The molecule has 0 spiro atoms. The first-order chi connectivity index (χ1) is 67.5. The largest absolute Gasteiger partial charge is 0.444 e. The molecule has 0 aliphatic heterocycles. The van der Waals surface area contributed by atoms with E-state index in [1.54, 1.807) is 72.1 Å². The number of anilines is 3. The van der Waals surface area contributed by atoms with Crippen molar-refractivity contribution in [3.63, 3.8) is 0 Å². The molecule has 3 aliphatic carbocycles. The number of amides is 6. The fourth-order valence-corrected chi connectivity index (χ4v) is 13.2. The molecular weight excluding hydrogens is 1810 g/mol. The van der Waals surface area contributed by atoms with E-state index in [1.807, 2.05) is 69.2 Å². The molecule has 39 heteroatoms. The highest BCUT2D eigenvalue weighted by Gasteiger charge is 2.36. The minimum atomic E-state index is -0.773. The van der Waals surface area contributed by atoms with Gasteiger partial charge in [-0.15, -0.1) is 12.8 Å². The number of primary amides is 3. The average molecular weight is 1940 g/mol. The zero-order valence-electron chi connectivity index (χ0n) is 82.6. The molecule has 39 nitrogen and oxygen atoms in total. The highest BCUT2D eigenvalue weighted by molar-refractivity contribution is 6.01. The maximum absolute atomic E-state index is 13.2. The van der Waals surface area contributed by atoms with Crippen LogP contribution in [0.2, 0.25) is 0 Å². The van der Waals surface area contributed by atoms with Crippen LogP contribution in [0.4, 0.5) is 31.8 Å². The second-order valence-corrected chi connectivity index (χ2v) is 36.5. The Bertz CT molecular complexity index is 5850. The van der Waals surface area contributed by atoms with Crippen LogP contribution in [0.5, 0.6) is 0 Å². The number of unbranched alkanes of at least 4 members (excludes halogenated alkanes) is 3. The number of aryl methyl sites for hydroxylation is 1. The number of ether oxygens (including phenoxy) is 9. The zero-order chi connectivity index (χ0) is 102. The molecule has 0 atom stereocenters. The van der Waals surface area contributed by atoms with E-state index in [4.69, 9.17) is 85.9 Å². The normalized spacial score (nSPS) is 12.6. The summed E-state index contributed by atoms with van der Waals surface area (Å²) in [5, 5.41) is 12.6. The van der Waals surface area contributed by atoms with Crippen LogP contribution in [-0.2, 0) is 81.5 Å². The van der Waals surface area contributed by atoms with E-state index in [2.05, 4.69) is 94.6 Å². The number of ketones is 3. The lowest BCUT2D eigenvalue weighted by Gasteiger charge is -2.27. The summed E-state index contributed by atoms with van der Waals surface area (Å²) in [6.07, 6.45) is 34.6. The van der Waals surface area contributed by atoms with Crippen LogP contribution in [0.3, 0.4) is 0 Å². The van der Waals surface area contributed by atoms with Crippen molar-refractivity contribution in [3.8, 4) is 82.7 Å². The lowest BCUT2D eigenvalue weighted by molar-refractivity contribution is 0.0465. The minimum absolute atomic E-state index is 0.0241. The predicted octanol–water partition coefficient (Wildman–Crippen LogP) is 14.0. The number of hydrogen-bond donors (Lipinski definition) is 3. The summed E-state index contributed by atoms with van der Waals surface area (Å²) in [5.41, 5.74) is 17.5. The Hall–Kier alpha value is -14.1. The standard InChI is InChI=1S/C34H48N6O7.C34H40N6O7.C26H28N6O5.C8H14O2/c2*1-5-15-44-17-18-45-16-9-7-6-8-14-39-22-26(30(38-39)31(35)42)19-28(41)27-23-46-32(37-27)25-12-13-36-29(20-25)40(21-24-10-11-24)33(43)47-34(2,3)4;1-5-10-31-14-18(22(30-31)23(27)34)11-20(33)19-15-36-24(29-19)17-8-9-28-21(12-17)32(13-16-6-7-16)25(35)37-26(2,3)4;1-3-5-9-7-8-10-6-4-2/h12-13,20,22-24H,5-11,14-19,21H2,1-4H3,(H2,35,42);12-13,20,22-24H,5,10-11,14-19,21H2,1-4H3,(H2,35,42);1,8-9,12,14-16H,6-7,10-11,13H2,2-4H3,(H2,27,34);1H,4-8H2,2H3. The van der Waals surface area contributed by atoms with Gasteiger partial charge in [0.05, 0.1) is 39.6 Å². The molecule has 754 valence electrons. The molecule has 0 saturated heterocycles. The smallest absolute Gasteiger partial charge is 0.416 e. The molecule has 9 aromatic rings. The Labute approximate surface area is 821 Å². The lowest BCUT2D eigenvalue weighted by Crippen LogP contribution is -2.38. The highest BCUT2D eigenvalue weighted by Crippen LogP contribution is 2.37. The van der Waals surface area contributed by atoms with Crippen molar-refractivity contribution in [1.29, 1.82) is 0 Å². The van der Waals surface area contributed by atoms with Gasteiger partial charge in [-0.2, -0.15) is 15.3 Å². The molecule has 9 heterocycles. The number of carbonyl (C=O) groups is 9. The fourth-order valence-electron chi connectivity index (χ4n) is 13.2. The molecule has 3 aliphatic rings. The molecule has 0 radical (unpaired) electrons. The summed E-state index contributed by atoms with van der Waals surface area (Å²) < 4.78 is 69.9. The van der Waals surface area contributed by atoms with Crippen molar-refractivity contribution in [2.75, 3.05) is 114 Å². The second kappa shape index (κ2) is 55.7. The van der Waals surface area contributed by atoms with E-state index in [0.717, 1.165) is 96.7 Å². The van der Waals surface area contributed by atoms with Crippen molar-refractivity contribution >= 4 is 70.8 Å². The third-order valence-electron chi connectivity index (χ3n) is 20.4. The first kappa shape index (κ1) is 111. The third kappa shape index (κ3) is 38.9. The molecule has 6 amide bonds. The first-order valence-electron chi connectivity index (χ1n) is 47.3. The summed E-state index contributed by atoms with van der Waals surface area (Å²) in [4.78, 5) is 145. The Morgan fingerprint density at radius 1 is 0.411 bits per heavy atom. The Kier molecular flexibility index (Phi) is 43.6. The molecular formula is C102H130N18O21. The van der Waals surface area contributed by atoms with Crippen LogP contribution in [0.15, 0.2) is 106 Å². The van der Waals surface area contributed by atoms with E-state index in [0.29, 0.717) is 154 Å². The monoisotopic (exact) mass is 1940 g/mol. The van der Waals surface area contributed by atoms with Gasteiger partial charge < -0.3 is 73.1 Å². The number of aromatic nitrogens is 12. The Morgan fingerprint density at radius 3 is 1.08 bits per heavy atom. The molecule has 3 fully saturated rings. The van der Waals surface area contributed by atoms with Gasteiger partial charge in [0.2, 0.25) is 17.7 Å². The number of pyridine rings is 3. The summed E-state index contributed by atoms with van der Waals surface area (Å²) >= 11 is 0. The SMILES string of the molecule is C#CCOCCOCCC.C#CCn1cc(CC(=O)c2coc(-c3ccnc(N(CC4CC4)C(=O)OC(C)(C)C)c3)n2)c(C(N)=O)n1.CCCOCCOCC#CC#CCn1cc(CC(=O)c2coc(-c3ccnc(N(CC4CC4)C(=O)OC(C)(C)C)c3)n2)c(C(N)=O)n1.CCCOCCOCCCCCCn1cc(CC(=O)c2coc(-c3ccnc(N(CC4CC4)C(=O)OC(C)(C)C)c3)n2)c(C(N)=O)n1. The van der Waals surface area contributed by atoms with Crippen LogP contribution in [0.25, 0.3) is 34.4 Å². The average Bonchev–Trinajstić information content (AvgIpc) is 1.70. The van der Waals surface area contributed by atoms with E-state index < -0.39 is 64.4 Å². The van der Waals surface area contributed by atoms with Gasteiger partial charge in [-0.25, -0.2) is 44.3 Å². The molecule has 0 unspecified atom stereocenters. The van der Waals surface area contributed by atoms with Crippen LogP contribution in [0.1, 0.15) is 246 Å². The maximum Gasteiger partial charge on any atom is 0.416 e. The van der Waals surface area contributed by atoms with Gasteiger partial charge in [-0.3, -0.25) is 57.5 Å². The van der Waals surface area contributed by atoms with E-state index in [9.17, 15) is 43.2 Å². The summed E-state index contributed by atoms with van der Waals surface area (Å²) in [5.74, 6) is 15.4. The number of hydrogen-bond acceptors (Lipinski definition) is 30. The van der Waals surface area contributed by atoms with Gasteiger partial charge >= 0.3 is 18.3 Å². The van der Waals surface area contributed by atoms with Crippen molar-refractivity contribution in [2.24, 2.45) is 35.0 Å². The van der Waals surface area contributed by atoms with Gasteiger partial charge in [0, 0.05) is 142 Å². The summed E-state index contributed by atoms with van der Waals surface area (Å²) in [6.45, 7) is 31.9. The quantitative estimate of drug-likeness (QED) is 0.0138. The van der Waals surface area contributed by atoms with Gasteiger partial charge in [0.1, 0.15) is 96.4 Å². The minimum Gasteiger partial charge on any atom is -0.444 e. The second-order valence-electron chi connectivity index (χ2n) is 36.5. The van der Waals surface area contributed by atoms with Crippen molar-refractivity contribution in [2.45, 2.75) is 222 Å². The highest BCUT2D eigenvalue weighted by atomic mass is 16.6. The van der Waals surface area contributed by atoms with Crippen LogP contribution in [-0.4, -0.2) is 228 Å². The van der Waals surface area contributed by atoms with Crippen molar-refractivity contribution in [1.82, 2.24) is 59.2 Å². The number of nitrogens with two attached hydrogens (primary N) is 3. The van der Waals surface area contributed by atoms with Crippen LogP contribution >= 0.6 is 0 Å². The fraction of sp³-hybridized carbons (Fsp3) is 0.510. The molecule has 9 aromatic heterocycles. The van der Waals surface area contributed by atoms with Crippen LogP contribution < -0.4 is 31.9 Å². The number of oxazole rings is 3. The Morgan fingerprint density at radius 2 is 0.738 bits per heavy atom. The molecule has 6 N–H and O–H groups in total.